The zero-order valence-electron chi connectivity index (χ0n) is 13.9. The minimum Gasteiger partial charge on any atom is -0.340 e. The Hall–Kier alpha value is -2.28. The van der Waals surface area contributed by atoms with Gasteiger partial charge in [-0.15, -0.1) is 0 Å². The number of hydrogen-bond donors (Lipinski definition) is 0. The van der Waals surface area contributed by atoms with Crippen molar-refractivity contribution in [1.82, 2.24) is 24.6 Å². The van der Waals surface area contributed by atoms with Gasteiger partial charge in [0.1, 0.15) is 11.6 Å². The molecular weight excluding hydrogens is 309 g/mol. The molecule has 0 bridgehead atoms. The Bertz CT molecular complexity index is 871. The molecule has 3 aromatic rings. The molecule has 0 aliphatic carbocycles. The second-order valence-corrected chi connectivity index (χ2v) is 6.21. The first-order chi connectivity index (χ1) is 11.7. The molecule has 0 amide bonds. The molecule has 2 aromatic heterocycles. The highest BCUT2D eigenvalue weighted by molar-refractivity contribution is 5.76. The van der Waals surface area contributed by atoms with E-state index in [1.807, 2.05) is 0 Å². The highest BCUT2D eigenvalue weighted by Crippen LogP contribution is 2.32. The molecular formula is C17H20FN5O. The first-order valence-corrected chi connectivity index (χ1v) is 8.34. The second-order valence-electron chi connectivity index (χ2n) is 6.21. The van der Waals surface area contributed by atoms with Crippen molar-refractivity contribution >= 4 is 11.0 Å². The molecule has 126 valence electrons. The summed E-state index contributed by atoms with van der Waals surface area (Å²) >= 11 is 0. The fraction of sp³-hybridized carbons (Fsp3) is 0.471. The lowest BCUT2D eigenvalue weighted by Gasteiger charge is -2.21. The highest BCUT2D eigenvalue weighted by Gasteiger charge is 2.30. The van der Waals surface area contributed by atoms with E-state index in [9.17, 15) is 4.39 Å². The molecule has 3 heterocycles. The summed E-state index contributed by atoms with van der Waals surface area (Å²) < 4.78 is 20.8. The minimum absolute atomic E-state index is 0.157. The van der Waals surface area contributed by atoms with Crippen LogP contribution >= 0.6 is 0 Å². The molecule has 7 heteroatoms. The third kappa shape index (κ3) is 2.58. The molecule has 6 nitrogen and oxygen atoms in total. The van der Waals surface area contributed by atoms with E-state index in [-0.39, 0.29) is 11.9 Å². The average molecular weight is 329 g/mol. The predicted molar refractivity (Wildman–Crippen MR) is 86.8 cm³/mol. The van der Waals surface area contributed by atoms with Crippen LogP contribution in [-0.4, -0.2) is 31.1 Å². The Morgan fingerprint density at radius 3 is 2.96 bits per heavy atom. The normalized spacial score (nSPS) is 18.7. The maximum atomic E-state index is 13.5. The number of likely N-dealkylation sites (tertiary alicyclic amines) is 1. The van der Waals surface area contributed by atoms with E-state index in [1.54, 1.807) is 13.0 Å². The van der Waals surface area contributed by atoms with Gasteiger partial charge in [-0.1, -0.05) is 5.16 Å². The van der Waals surface area contributed by atoms with Crippen molar-refractivity contribution in [3.63, 3.8) is 0 Å². The Morgan fingerprint density at radius 1 is 1.33 bits per heavy atom. The fourth-order valence-corrected chi connectivity index (χ4v) is 3.57. The smallest absolute Gasteiger partial charge is 0.223 e. The topological polar surface area (TPSA) is 60.0 Å². The van der Waals surface area contributed by atoms with Gasteiger partial charge in [-0.05, 0) is 38.4 Å². The Kier molecular flexibility index (Phi) is 3.80. The Labute approximate surface area is 139 Å². The number of halogens is 1. The monoisotopic (exact) mass is 329 g/mol. The summed E-state index contributed by atoms with van der Waals surface area (Å²) in [6, 6.07) is 4.94. The lowest BCUT2D eigenvalue weighted by Crippen LogP contribution is -2.25. The minimum atomic E-state index is -0.254. The zero-order chi connectivity index (χ0) is 16.7. The van der Waals surface area contributed by atoms with Gasteiger partial charge >= 0.3 is 0 Å². The number of nitrogens with zero attached hydrogens (tertiary/aromatic N) is 5. The van der Waals surface area contributed by atoms with Gasteiger partial charge in [0.15, 0.2) is 5.82 Å². The van der Waals surface area contributed by atoms with Crippen molar-refractivity contribution in [1.29, 1.82) is 0 Å². The molecule has 0 radical (unpaired) electrons. The number of aryl methyl sites for hydroxylation is 2. The number of rotatable bonds is 4. The number of aromatic nitrogens is 4. The molecule has 4 rings (SSSR count). The van der Waals surface area contributed by atoms with Crippen LogP contribution in [0.2, 0.25) is 0 Å². The van der Waals surface area contributed by atoms with Crippen LogP contribution in [0.4, 0.5) is 4.39 Å². The molecule has 1 saturated heterocycles. The molecule has 1 atom stereocenters. The lowest BCUT2D eigenvalue weighted by atomic mass is 10.2. The van der Waals surface area contributed by atoms with E-state index in [4.69, 9.17) is 4.52 Å². The third-order valence-electron chi connectivity index (χ3n) is 4.66. The van der Waals surface area contributed by atoms with Crippen molar-refractivity contribution in [2.24, 2.45) is 0 Å². The number of benzene rings is 1. The van der Waals surface area contributed by atoms with Gasteiger partial charge in [0.05, 0.1) is 23.6 Å². The van der Waals surface area contributed by atoms with Crippen molar-refractivity contribution in [2.45, 2.75) is 45.8 Å². The Balaban J connectivity index is 1.65. The van der Waals surface area contributed by atoms with Crippen molar-refractivity contribution < 1.29 is 8.91 Å². The van der Waals surface area contributed by atoms with Crippen LogP contribution in [-0.2, 0) is 13.1 Å². The molecule has 0 N–H and O–H groups in total. The molecule has 0 unspecified atom stereocenters. The van der Waals surface area contributed by atoms with Gasteiger partial charge in [-0.25, -0.2) is 9.37 Å². The van der Waals surface area contributed by atoms with Crippen molar-refractivity contribution in [3.05, 3.63) is 41.6 Å². The standard InChI is InChI=1S/C17H20FN5O/c1-3-23-14-7-6-12(18)9-13(14)20-16(23)10-22-8-4-5-15(22)17-19-11(2)24-21-17/h6-7,9,15H,3-5,8,10H2,1-2H3/t15-/m1/s1. The van der Waals surface area contributed by atoms with Gasteiger partial charge in [0.2, 0.25) is 5.89 Å². The van der Waals surface area contributed by atoms with Gasteiger partial charge in [0, 0.05) is 19.5 Å². The van der Waals surface area contributed by atoms with Crippen LogP contribution in [0.15, 0.2) is 22.7 Å². The van der Waals surface area contributed by atoms with Crippen LogP contribution in [0.1, 0.15) is 43.3 Å². The maximum Gasteiger partial charge on any atom is 0.223 e. The molecule has 0 spiro atoms. The quantitative estimate of drug-likeness (QED) is 0.735. The average Bonchev–Trinajstić information content (AvgIpc) is 3.25. The van der Waals surface area contributed by atoms with Crippen molar-refractivity contribution in [3.8, 4) is 0 Å². The van der Waals surface area contributed by atoms with E-state index in [1.165, 1.54) is 12.1 Å². The van der Waals surface area contributed by atoms with E-state index < -0.39 is 0 Å². The molecule has 1 fully saturated rings. The first-order valence-electron chi connectivity index (χ1n) is 8.34. The summed E-state index contributed by atoms with van der Waals surface area (Å²) in [5.74, 6) is 2.03. The molecule has 1 aliphatic heterocycles. The van der Waals surface area contributed by atoms with E-state index in [0.717, 1.165) is 43.1 Å². The number of hydrogen-bond acceptors (Lipinski definition) is 5. The summed E-state index contributed by atoms with van der Waals surface area (Å²) in [6.45, 7) is 6.36. The SMILES string of the molecule is CCn1c(CN2CCC[C@@H]2c2noc(C)n2)nc2cc(F)ccc21. The lowest BCUT2D eigenvalue weighted by molar-refractivity contribution is 0.226. The molecule has 24 heavy (non-hydrogen) atoms. The predicted octanol–water partition coefficient (Wildman–Crippen LogP) is 3.22. The Morgan fingerprint density at radius 2 is 2.21 bits per heavy atom. The molecule has 1 aromatic carbocycles. The summed E-state index contributed by atoms with van der Waals surface area (Å²) in [6.07, 6.45) is 2.11. The second kappa shape index (κ2) is 5.98. The highest BCUT2D eigenvalue weighted by atomic mass is 19.1. The van der Waals surface area contributed by atoms with Crippen LogP contribution in [0.5, 0.6) is 0 Å². The van der Waals surface area contributed by atoms with Crippen LogP contribution in [0.3, 0.4) is 0 Å². The summed E-state index contributed by atoms with van der Waals surface area (Å²) in [5, 5.41) is 4.08. The summed E-state index contributed by atoms with van der Waals surface area (Å²) in [5.41, 5.74) is 1.68. The largest absolute Gasteiger partial charge is 0.340 e. The van der Waals surface area contributed by atoms with E-state index in [0.29, 0.717) is 18.0 Å². The first kappa shape index (κ1) is 15.3. The van der Waals surface area contributed by atoms with Crippen LogP contribution < -0.4 is 0 Å². The fourth-order valence-electron chi connectivity index (χ4n) is 3.57. The van der Waals surface area contributed by atoms with Gasteiger partial charge in [-0.3, -0.25) is 4.90 Å². The van der Waals surface area contributed by atoms with Gasteiger partial charge < -0.3 is 9.09 Å². The van der Waals surface area contributed by atoms with E-state index >= 15 is 0 Å². The maximum absolute atomic E-state index is 13.5. The van der Waals surface area contributed by atoms with Gasteiger partial charge in [-0.2, -0.15) is 4.98 Å². The zero-order valence-corrected chi connectivity index (χ0v) is 13.9. The van der Waals surface area contributed by atoms with Crippen molar-refractivity contribution in [2.75, 3.05) is 6.54 Å². The van der Waals surface area contributed by atoms with Crippen LogP contribution in [0, 0.1) is 12.7 Å². The number of fused-ring (bicyclic) bond motifs is 1. The van der Waals surface area contributed by atoms with Gasteiger partial charge in [0.25, 0.3) is 0 Å². The van der Waals surface area contributed by atoms with Crippen LogP contribution in [0.25, 0.3) is 11.0 Å². The summed E-state index contributed by atoms with van der Waals surface area (Å²) in [4.78, 5) is 11.4. The molecule has 0 saturated carbocycles. The molecule has 1 aliphatic rings. The number of imidazole rings is 1. The summed E-state index contributed by atoms with van der Waals surface area (Å²) in [7, 11) is 0. The van der Waals surface area contributed by atoms with E-state index in [2.05, 4.69) is 31.5 Å². The third-order valence-corrected chi connectivity index (χ3v) is 4.66.